The van der Waals surface area contributed by atoms with Crippen LogP contribution < -0.4 is 9.47 Å². The minimum absolute atomic E-state index is 0.101. The minimum Gasteiger partial charge on any atom is -0.495 e. The molecule has 1 aliphatic carbocycles. The van der Waals surface area contributed by atoms with Gasteiger partial charge >= 0.3 is 0 Å². The van der Waals surface area contributed by atoms with Crippen LogP contribution in [0.1, 0.15) is 33.9 Å². The van der Waals surface area contributed by atoms with Crippen LogP contribution in [0.5, 0.6) is 11.5 Å². The lowest BCUT2D eigenvalue weighted by molar-refractivity contribution is -0.114. The van der Waals surface area contributed by atoms with Crippen molar-refractivity contribution >= 4 is 40.3 Å². The summed E-state index contributed by atoms with van der Waals surface area (Å²) in [6.45, 7) is 3.44. The summed E-state index contributed by atoms with van der Waals surface area (Å²) in [4.78, 5) is 32.8. The SMILES string of the molecule is C=CC(=O)CCc1ncc2c(n1)C(=O)C=C(c1c(Cl)c(OC)cc(OC)c1Cl)C2. The van der Waals surface area contributed by atoms with Crippen molar-refractivity contribution in [2.45, 2.75) is 19.3 Å². The lowest BCUT2D eigenvalue weighted by Gasteiger charge is -2.20. The van der Waals surface area contributed by atoms with Crippen LogP contribution >= 0.6 is 23.2 Å². The van der Waals surface area contributed by atoms with Gasteiger partial charge in [-0.1, -0.05) is 29.8 Å². The maximum Gasteiger partial charge on any atom is 0.204 e. The zero-order chi connectivity index (χ0) is 21.1. The number of fused-ring (bicyclic) bond motifs is 1. The molecule has 0 unspecified atom stereocenters. The topological polar surface area (TPSA) is 78.4 Å². The summed E-state index contributed by atoms with van der Waals surface area (Å²) in [7, 11) is 2.97. The molecule has 0 saturated carbocycles. The van der Waals surface area contributed by atoms with Crippen molar-refractivity contribution in [3.05, 3.63) is 63.7 Å². The van der Waals surface area contributed by atoms with Gasteiger partial charge in [-0.3, -0.25) is 9.59 Å². The number of hydrogen-bond acceptors (Lipinski definition) is 6. The molecule has 29 heavy (non-hydrogen) atoms. The zero-order valence-electron chi connectivity index (χ0n) is 15.9. The highest BCUT2D eigenvalue weighted by Gasteiger charge is 2.26. The third kappa shape index (κ3) is 4.18. The number of halogens is 2. The minimum atomic E-state index is -0.283. The summed E-state index contributed by atoms with van der Waals surface area (Å²) in [6.07, 6.45) is 5.26. The molecule has 8 heteroatoms. The predicted molar refractivity (Wildman–Crippen MR) is 111 cm³/mol. The molecule has 0 spiro atoms. The second-order valence-electron chi connectivity index (χ2n) is 6.33. The second-order valence-corrected chi connectivity index (χ2v) is 7.08. The molecule has 3 rings (SSSR count). The van der Waals surface area contributed by atoms with Crippen molar-refractivity contribution in [1.29, 1.82) is 0 Å². The highest BCUT2D eigenvalue weighted by molar-refractivity contribution is 6.39. The molecule has 1 aliphatic rings. The first-order valence-electron chi connectivity index (χ1n) is 8.74. The molecule has 1 aromatic carbocycles. The number of hydrogen-bond donors (Lipinski definition) is 0. The van der Waals surface area contributed by atoms with E-state index in [1.807, 2.05) is 0 Å². The van der Waals surface area contributed by atoms with Crippen LogP contribution in [-0.2, 0) is 17.6 Å². The summed E-state index contributed by atoms with van der Waals surface area (Å²) in [5, 5.41) is 0.586. The number of ether oxygens (including phenoxy) is 2. The summed E-state index contributed by atoms with van der Waals surface area (Å²) < 4.78 is 10.6. The van der Waals surface area contributed by atoms with E-state index in [2.05, 4.69) is 16.5 Å². The Labute approximate surface area is 178 Å². The highest BCUT2D eigenvalue weighted by atomic mass is 35.5. The Balaban J connectivity index is 1.98. The van der Waals surface area contributed by atoms with E-state index in [9.17, 15) is 9.59 Å². The maximum atomic E-state index is 12.7. The van der Waals surface area contributed by atoms with Gasteiger partial charge in [-0.25, -0.2) is 9.97 Å². The molecule has 0 N–H and O–H groups in total. The quantitative estimate of drug-likeness (QED) is 0.606. The summed E-state index contributed by atoms with van der Waals surface area (Å²) >= 11 is 12.9. The second kappa shape index (κ2) is 8.76. The third-order valence-electron chi connectivity index (χ3n) is 4.55. The summed E-state index contributed by atoms with van der Waals surface area (Å²) in [5.74, 6) is 0.828. The van der Waals surface area contributed by atoms with Crippen molar-refractivity contribution in [1.82, 2.24) is 9.97 Å². The van der Waals surface area contributed by atoms with Gasteiger partial charge in [-0.2, -0.15) is 0 Å². The van der Waals surface area contributed by atoms with Crippen molar-refractivity contribution in [3.63, 3.8) is 0 Å². The third-order valence-corrected chi connectivity index (χ3v) is 5.30. The lowest BCUT2D eigenvalue weighted by atomic mass is 9.90. The Kier molecular flexibility index (Phi) is 6.35. The van der Waals surface area contributed by atoms with Gasteiger partial charge in [-0.15, -0.1) is 0 Å². The fraction of sp³-hybridized carbons (Fsp3) is 0.238. The van der Waals surface area contributed by atoms with Crippen LogP contribution in [0.3, 0.4) is 0 Å². The molecule has 0 amide bonds. The zero-order valence-corrected chi connectivity index (χ0v) is 17.4. The monoisotopic (exact) mass is 432 g/mol. The number of benzene rings is 1. The predicted octanol–water partition coefficient (Wildman–Crippen LogP) is 4.31. The van der Waals surface area contributed by atoms with Crippen molar-refractivity contribution in [2.24, 2.45) is 0 Å². The van der Waals surface area contributed by atoms with E-state index in [1.165, 1.54) is 26.4 Å². The van der Waals surface area contributed by atoms with Gasteiger partial charge in [0.25, 0.3) is 0 Å². The first kappa shape index (κ1) is 21.0. The van der Waals surface area contributed by atoms with Crippen LogP contribution in [0.15, 0.2) is 31.0 Å². The lowest BCUT2D eigenvalue weighted by Crippen LogP contribution is -2.15. The number of aryl methyl sites for hydroxylation is 1. The number of aromatic nitrogens is 2. The van der Waals surface area contributed by atoms with Crippen molar-refractivity contribution in [2.75, 3.05) is 14.2 Å². The molecular weight excluding hydrogens is 415 g/mol. The van der Waals surface area contributed by atoms with Gasteiger partial charge in [0.1, 0.15) is 23.0 Å². The Bertz CT molecular complexity index is 1020. The molecule has 0 aliphatic heterocycles. The van der Waals surface area contributed by atoms with Crippen LogP contribution in [0.25, 0.3) is 5.57 Å². The Morgan fingerprint density at radius 1 is 1.24 bits per heavy atom. The van der Waals surface area contributed by atoms with Gasteiger partial charge in [-0.05, 0) is 17.7 Å². The molecule has 1 heterocycles. The molecule has 150 valence electrons. The van der Waals surface area contributed by atoms with E-state index in [0.717, 1.165) is 0 Å². The number of allylic oxidation sites excluding steroid dienone is 3. The number of ketones is 2. The van der Waals surface area contributed by atoms with E-state index in [1.54, 1.807) is 12.3 Å². The summed E-state index contributed by atoms with van der Waals surface area (Å²) in [5.41, 5.74) is 2.06. The largest absolute Gasteiger partial charge is 0.495 e. The molecule has 0 saturated heterocycles. The number of nitrogens with zero attached hydrogens (tertiary/aromatic N) is 2. The van der Waals surface area contributed by atoms with Crippen LogP contribution in [-0.4, -0.2) is 35.8 Å². The Hall–Kier alpha value is -2.70. The molecule has 0 atom stereocenters. The first-order valence-corrected chi connectivity index (χ1v) is 9.50. The Morgan fingerprint density at radius 2 is 1.90 bits per heavy atom. The fourth-order valence-electron chi connectivity index (χ4n) is 3.05. The van der Waals surface area contributed by atoms with Gasteiger partial charge in [0, 0.05) is 42.7 Å². The van der Waals surface area contributed by atoms with Crippen LogP contribution in [0.2, 0.25) is 10.0 Å². The van der Waals surface area contributed by atoms with Crippen molar-refractivity contribution in [3.8, 4) is 11.5 Å². The van der Waals surface area contributed by atoms with Gasteiger partial charge in [0.15, 0.2) is 5.78 Å². The molecule has 6 nitrogen and oxygen atoms in total. The van der Waals surface area contributed by atoms with E-state index < -0.39 is 0 Å². The number of carbonyl (C=O) groups excluding carboxylic acids is 2. The van der Waals surface area contributed by atoms with E-state index >= 15 is 0 Å². The van der Waals surface area contributed by atoms with Gasteiger partial charge in [0.05, 0.1) is 24.3 Å². The van der Waals surface area contributed by atoms with Crippen molar-refractivity contribution < 1.29 is 19.1 Å². The smallest absolute Gasteiger partial charge is 0.204 e. The maximum absolute atomic E-state index is 12.7. The van der Waals surface area contributed by atoms with E-state index in [-0.39, 0.29) is 18.0 Å². The summed E-state index contributed by atoms with van der Waals surface area (Å²) in [6, 6.07) is 1.59. The van der Waals surface area contributed by atoms with Gasteiger partial charge < -0.3 is 9.47 Å². The number of carbonyl (C=O) groups is 2. The number of methoxy groups -OCH3 is 2. The molecule has 0 radical (unpaired) electrons. The molecule has 1 aromatic heterocycles. The average molecular weight is 433 g/mol. The standard InChI is InChI=1S/C21H18Cl2N2O4/c1-4-13(26)5-6-17-24-10-12-7-11(8-14(27)21(12)25-17)18-19(22)15(28-2)9-16(29-3)20(18)23/h4,8-10H,1,5-7H2,2-3H3. The Morgan fingerprint density at radius 3 is 2.48 bits per heavy atom. The first-order chi connectivity index (χ1) is 13.9. The molecule has 0 fully saturated rings. The van der Waals surface area contributed by atoms with Crippen LogP contribution in [0, 0.1) is 0 Å². The van der Waals surface area contributed by atoms with E-state index in [0.29, 0.717) is 62.6 Å². The molecule has 2 aromatic rings. The fourth-order valence-corrected chi connectivity index (χ4v) is 3.80. The number of rotatable bonds is 7. The molecule has 0 bridgehead atoms. The van der Waals surface area contributed by atoms with E-state index in [4.69, 9.17) is 32.7 Å². The van der Waals surface area contributed by atoms with Crippen LogP contribution in [0.4, 0.5) is 0 Å². The normalized spacial score (nSPS) is 12.8. The highest BCUT2D eigenvalue weighted by Crippen LogP contribution is 2.45. The van der Waals surface area contributed by atoms with Gasteiger partial charge in [0.2, 0.25) is 5.78 Å². The average Bonchev–Trinajstić information content (AvgIpc) is 2.72. The molecular formula is C21H18Cl2N2O4.